The molecule has 3 aromatic carbocycles. The number of rotatable bonds is 12. The molecule has 0 aromatic heterocycles. The molecule has 1 nitrogen and oxygen atoms in total. The van der Waals surface area contributed by atoms with E-state index in [1.807, 2.05) is 0 Å². The van der Waals surface area contributed by atoms with E-state index in [4.69, 9.17) is 0 Å². The lowest BCUT2D eigenvalue weighted by atomic mass is 9.78. The number of fused-ring (bicyclic) bond motifs is 1. The molecule has 0 heterocycles. The molecule has 1 aliphatic rings. The Morgan fingerprint density at radius 3 is 2.05 bits per heavy atom. The Balaban J connectivity index is 0.000000272. The van der Waals surface area contributed by atoms with Gasteiger partial charge in [-0.05, 0) is 89.3 Å². The van der Waals surface area contributed by atoms with Crippen LogP contribution in [0.25, 0.3) is 11.3 Å². The molecule has 4 rings (SSSR count). The molecule has 0 saturated heterocycles. The second-order valence-electron chi connectivity index (χ2n) is 11.3. The normalized spacial score (nSPS) is 15.2. The molecule has 2 atom stereocenters. The molecule has 39 heavy (non-hydrogen) atoms. The Labute approximate surface area is 239 Å². The summed E-state index contributed by atoms with van der Waals surface area (Å²) in [6, 6.07) is 28.3. The highest BCUT2D eigenvalue weighted by Gasteiger charge is 2.22. The van der Waals surface area contributed by atoms with Crippen LogP contribution >= 0.6 is 0 Å². The second kappa shape index (κ2) is 16.1. The van der Waals surface area contributed by atoms with E-state index in [9.17, 15) is 0 Å². The summed E-state index contributed by atoms with van der Waals surface area (Å²) in [7, 11) is 0. The molecule has 208 valence electrons. The Morgan fingerprint density at radius 1 is 0.846 bits per heavy atom. The first-order valence-electron chi connectivity index (χ1n) is 15.3. The summed E-state index contributed by atoms with van der Waals surface area (Å²) in [5.41, 5.74) is 9.21. The molecule has 2 unspecified atom stereocenters. The maximum atomic E-state index is 4.39. The van der Waals surface area contributed by atoms with Crippen molar-refractivity contribution in [3.63, 3.8) is 0 Å². The van der Waals surface area contributed by atoms with Crippen molar-refractivity contribution in [2.45, 2.75) is 90.9 Å². The number of hydrogen-bond donors (Lipinski definition) is 1. The fourth-order valence-corrected chi connectivity index (χ4v) is 5.87. The third kappa shape index (κ3) is 8.99. The minimum Gasteiger partial charge on any atom is -0.384 e. The van der Waals surface area contributed by atoms with Crippen molar-refractivity contribution in [2.24, 2.45) is 5.92 Å². The molecule has 0 aliphatic heterocycles. The zero-order valence-corrected chi connectivity index (χ0v) is 25.0. The highest BCUT2D eigenvalue weighted by molar-refractivity contribution is 5.73. The predicted molar refractivity (Wildman–Crippen MR) is 173 cm³/mol. The van der Waals surface area contributed by atoms with Gasteiger partial charge in [0.05, 0.1) is 0 Å². The van der Waals surface area contributed by atoms with Crippen LogP contribution < -0.4 is 5.32 Å². The molecule has 3 aromatic rings. The molecule has 0 radical (unpaired) electrons. The standard InChI is InChI=1S/C25H31N.C13H20/c1-5-9-22-12-13-24-16-23(14-15-25(24)19(22)3)20(4)26-17-18(2)21-10-7-6-8-11-21;1-3-8-12(9-4-2)13-10-6-5-7-11-13/h6-8,10-11,14-16,18,22,26H,3-5,9,12-13,17H2,1-2H3;5-7,10-12H,3-4,8-9H2,1-2H3. The van der Waals surface area contributed by atoms with Gasteiger partial charge < -0.3 is 5.32 Å². The molecule has 0 fully saturated rings. The zero-order valence-electron chi connectivity index (χ0n) is 25.0. The maximum Gasteiger partial charge on any atom is 0.0341 e. The molecule has 1 heteroatoms. The van der Waals surface area contributed by atoms with Gasteiger partial charge in [0.2, 0.25) is 0 Å². The topological polar surface area (TPSA) is 12.0 Å². The van der Waals surface area contributed by atoms with Crippen LogP contribution in [0.4, 0.5) is 0 Å². The smallest absolute Gasteiger partial charge is 0.0341 e. The van der Waals surface area contributed by atoms with Crippen molar-refractivity contribution >= 4 is 11.3 Å². The number of benzene rings is 3. The summed E-state index contributed by atoms with van der Waals surface area (Å²) in [5.74, 6) is 1.91. The van der Waals surface area contributed by atoms with E-state index in [0.717, 1.165) is 24.6 Å². The zero-order chi connectivity index (χ0) is 28.0. The predicted octanol–water partition coefficient (Wildman–Crippen LogP) is 10.8. The van der Waals surface area contributed by atoms with Crippen LogP contribution in [0.15, 0.2) is 92.0 Å². The first-order chi connectivity index (χ1) is 19.0. The Kier molecular flexibility index (Phi) is 12.6. The summed E-state index contributed by atoms with van der Waals surface area (Å²) in [4.78, 5) is 0. The van der Waals surface area contributed by atoms with E-state index >= 15 is 0 Å². The van der Waals surface area contributed by atoms with Crippen LogP contribution in [0.2, 0.25) is 0 Å². The van der Waals surface area contributed by atoms with Crippen LogP contribution in [0.1, 0.15) is 112 Å². The first kappa shape index (κ1) is 30.5. The summed E-state index contributed by atoms with van der Waals surface area (Å²) in [6.45, 7) is 18.6. The van der Waals surface area contributed by atoms with Crippen LogP contribution in [0, 0.1) is 5.92 Å². The van der Waals surface area contributed by atoms with Gasteiger partial charge in [-0.3, -0.25) is 0 Å². The Bertz CT molecular complexity index is 1140. The van der Waals surface area contributed by atoms with E-state index in [2.05, 4.69) is 125 Å². The van der Waals surface area contributed by atoms with E-state index in [-0.39, 0.29) is 0 Å². The van der Waals surface area contributed by atoms with E-state index in [0.29, 0.717) is 11.8 Å². The van der Waals surface area contributed by atoms with Crippen molar-refractivity contribution < 1.29 is 0 Å². The molecular weight excluding hydrogens is 470 g/mol. The van der Waals surface area contributed by atoms with Gasteiger partial charge in [-0.2, -0.15) is 0 Å². The lowest BCUT2D eigenvalue weighted by Crippen LogP contribution is -2.19. The van der Waals surface area contributed by atoms with Crippen LogP contribution in [-0.2, 0) is 6.42 Å². The van der Waals surface area contributed by atoms with Gasteiger partial charge in [-0.1, -0.05) is 133 Å². The van der Waals surface area contributed by atoms with Gasteiger partial charge >= 0.3 is 0 Å². The number of aryl methyl sites for hydroxylation is 1. The van der Waals surface area contributed by atoms with Crippen molar-refractivity contribution in [3.05, 3.63) is 120 Å². The molecule has 0 bridgehead atoms. The third-order valence-electron chi connectivity index (χ3n) is 8.23. The van der Waals surface area contributed by atoms with Crippen molar-refractivity contribution in [3.8, 4) is 0 Å². The van der Waals surface area contributed by atoms with Gasteiger partial charge in [-0.25, -0.2) is 0 Å². The Morgan fingerprint density at radius 2 is 1.46 bits per heavy atom. The van der Waals surface area contributed by atoms with Crippen LogP contribution in [0.3, 0.4) is 0 Å². The number of hydrogen-bond acceptors (Lipinski definition) is 1. The van der Waals surface area contributed by atoms with Gasteiger partial charge in [-0.15, -0.1) is 0 Å². The SMILES string of the molecule is C=C(NCC(C)c1ccccc1)c1ccc2c(c1)CCC(CCC)C2=C.CCCC(CCC)c1ccccc1. The molecule has 0 amide bonds. The quantitative estimate of drug-likeness (QED) is 0.250. The largest absolute Gasteiger partial charge is 0.384 e. The molecule has 0 saturated carbocycles. The van der Waals surface area contributed by atoms with E-state index < -0.39 is 0 Å². The average molecular weight is 522 g/mol. The van der Waals surface area contributed by atoms with Crippen molar-refractivity contribution in [1.82, 2.24) is 5.32 Å². The summed E-state index contributed by atoms with van der Waals surface area (Å²) in [5, 5.41) is 3.53. The Hall–Kier alpha value is -3.06. The first-order valence-corrected chi connectivity index (χ1v) is 15.3. The highest BCUT2D eigenvalue weighted by Crippen LogP contribution is 2.37. The third-order valence-corrected chi connectivity index (χ3v) is 8.23. The van der Waals surface area contributed by atoms with Gasteiger partial charge in [0, 0.05) is 12.2 Å². The molecule has 1 aliphatic carbocycles. The van der Waals surface area contributed by atoms with E-state index in [1.165, 1.54) is 78.3 Å². The van der Waals surface area contributed by atoms with Crippen molar-refractivity contribution in [2.75, 3.05) is 6.54 Å². The fraction of sp³-hybridized carbons (Fsp3) is 0.421. The van der Waals surface area contributed by atoms with Gasteiger partial charge in [0.15, 0.2) is 0 Å². The summed E-state index contributed by atoms with van der Waals surface area (Å²) < 4.78 is 0. The molecule has 1 N–H and O–H groups in total. The monoisotopic (exact) mass is 521 g/mol. The van der Waals surface area contributed by atoms with E-state index in [1.54, 1.807) is 0 Å². The second-order valence-corrected chi connectivity index (χ2v) is 11.3. The van der Waals surface area contributed by atoms with Crippen LogP contribution in [0.5, 0.6) is 0 Å². The lowest BCUT2D eigenvalue weighted by molar-refractivity contribution is 0.539. The van der Waals surface area contributed by atoms with Crippen LogP contribution in [-0.4, -0.2) is 6.54 Å². The molecular formula is C38H51N. The lowest BCUT2D eigenvalue weighted by Gasteiger charge is -2.27. The average Bonchev–Trinajstić information content (AvgIpc) is 2.98. The minimum absolute atomic E-state index is 0.458. The number of nitrogens with one attached hydrogen (secondary N) is 1. The van der Waals surface area contributed by atoms with Gasteiger partial charge in [0.1, 0.15) is 0 Å². The minimum atomic E-state index is 0.458. The maximum absolute atomic E-state index is 4.39. The highest BCUT2D eigenvalue weighted by atomic mass is 14.9. The number of allylic oxidation sites excluding steroid dienone is 1. The van der Waals surface area contributed by atoms with Crippen molar-refractivity contribution in [1.29, 1.82) is 0 Å². The molecule has 0 spiro atoms. The summed E-state index contributed by atoms with van der Waals surface area (Å²) in [6.07, 6.45) is 10.1. The summed E-state index contributed by atoms with van der Waals surface area (Å²) >= 11 is 0. The fourth-order valence-electron chi connectivity index (χ4n) is 5.87. The van der Waals surface area contributed by atoms with Gasteiger partial charge in [0.25, 0.3) is 0 Å².